The molecule has 5 N–H and O–H groups in total. The van der Waals surface area contributed by atoms with E-state index in [4.69, 9.17) is 80.0 Å². The van der Waals surface area contributed by atoms with E-state index in [-0.39, 0.29) is 72.3 Å². The van der Waals surface area contributed by atoms with Gasteiger partial charge in [0.15, 0.2) is 0 Å². The molecule has 0 spiro atoms. The molecule has 0 bridgehead atoms. The van der Waals surface area contributed by atoms with Crippen LogP contribution in [0.25, 0.3) is 0 Å². The number of halogens is 2. The van der Waals surface area contributed by atoms with Crippen LogP contribution in [0.3, 0.4) is 0 Å². The Labute approximate surface area is 506 Å². The normalized spacial score (nSPS) is 14.0. The van der Waals surface area contributed by atoms with Crippen molar-refractivity contribution in [2.45, 2.75) is 57.4 Å². The van der Waals surface area contributed by atoms with Crippen molar-refractivity contribution in [3.05, 3.63) is 75.8 Å². The van der Waals surface area contributed by atoms with Crippen LogP contribution in [0.15, 0.2) is 54.6 Å². The van der Waals surface area contributed by atoms with Crippen molar-refractivity contribution >= 4 is 70.3 Å². The highest BCUT2D eigenvalue weighted by atomic mass is 35.5. The summed E-state index contributed by atoms with van der Waals surface area (Å²) in [6, 6.07) is 10.2. The molecule has 1 atom stereocenters. The van der Waals surface area contributed by atoms with Gasteiger partial charge in [0.2, 0.25) is 17.7 Å². The Balaban J connectivity index is 0.823. The van der Waals surface area contributed by atoms with Crippen LogP contribution in [0.2, 0.25) is 10.0 Å². The van der Waals surface area contributed by atoms with Gasteiger partial charge in [0.1, 0.15) is 6.04 Å². The Hall–Kier alpha value is -5.23. The third kappa shape index (κ3) is 31.8. The SMILES string of the molecule is O=C(CCOCCOCCOCCOCCOCCOCCOCCOCCOCCOCCOCCOCCNC(=O)CCN1C(=O)C=CC1=O)NCCC1(C(=O)NC(Cc2ccc(NC(=O)c3c(Cl)cccc3Cl)cc2)C(=O)O)CCCC1. The minimum absolute atomic E-state index is 0.0259. The zero-order valence-corrected chi connectivity index (χ0v) is 49.9. The molecule has 1 fully saturated rings. The van der Waals surface area contributed by atoms with Crippen LogP contribution >= 0.6 is 23.2 Å². The van der Waals surface area contributed by atoms with Gasteiger partial charge in [-0.2, -0.15) is 0 Å². The van der Waals surface area contributed by atoms with Gasteiger partial charge in [-0.3, -0.25) is 33.7 Å². The molecule has 1 unspecified atom stereocenters. The van der Waals surface area contributed by atoms with Gasteiger partial charge in [0.25, 0.3) is 17.7 Å². The van der Waals surface area contributed by atoms with Gasteiger partial charge in [0.05, 0.1) is 180 Å². The number of nitrogens with zero attached hydrogens (tertiary/aromatic N) is 1. The molecule has 25 nitrogen and oxygen atoms in total. The number of imide groups is 1. The average Bonchev–Trinajstić information content (AvgIpc) is 4.18. The molecular formula is C58H85Cl2N5O20. The summed E-state index contributed by atoms with van der Waals surface area (Å²) in [5.74, 6) is -3.30. The molecule has 4 rings (SSSR count). The lowest BCUT2D eigenvalue weighted by molar-refractivity contribution is -0.144. The van der Waals surface area contributed by atoms with Gasteiger partial charge in [0, 0.05) is 56.7 Å². The summed E-state index contributed by atoms with van der Waals surface area (Å²) >= 11 is 12.3. The molecule has 85 heavy (non-hydrogen) atoms. The first-order valence-electron chi connectivity index (χ1n) is 28.8. The second-order valence-electron chi connectivity index (χ2n) is 19.3. The first-order valence-corrected chi connectivity index (χ1v) is 29.5. The smallest absolute Gasteiger partial charge is 0.326 e. The van der Waals surface area contributed by atoms with E-state index in [0.717, 1.165) is 17.7 Å². The molecule has 0 radical (unpaired) electrons. The molecule has 1 aliphatic heterocycles. The van der Waals surface area contributed by atoms with Gasteiger partial charge in [-0.15, -0.1) is 0 Å². The Morgan fingerprint density at radius 1 is 0.518 bits per heavy atom. The van der Waals surface area contributed by atoms with E-state index in [1.165, 1.54) is 12.2 Å². The average molecular weight is 1240 g/mol. The fraction of sp³-hybridized carbons (Fsp3) is 0.638. The zero-order valence-electron chi connectivity index (χ0n) is 48.4. The molecule has 0 aromatic heterocycles. The lowest BCUT2D eigenvalue weighted by Gasteiger charge is -2.29. The Morgan fingerprint density at radius 3 is 1.33 bits per heavy atom. The highest BCUT2D eigenvalue weighted by Gasteiger charge is 2.42. The van der Waals surface area contributed by atoms with E-state index in [1.807, 2.05) is 0 Å². The summed E-state index contributed by atoms with van der Waals surface area (Å²) in [5.41, 5.74) is 0.451. The summed E-state index contributed by atoms with van der Waals surface area (Å²) < 4.78 is 66.0. The van der Waals surface area contributed by atoms with E-state index in [0.29, 0.717) is 189 Å². The number of aliphatic carboxylic acids is 1. The van der Waals surface area contributed by atoms with Gasteiger partial charge in [-0.25, -0.2) is 4.79 Å². The first-order chi connectivity index (χ1) is 41.4. The van der Waals surface area contributed by atoms with Gasteiger partial charge < -0.3 is 83.2 Å². The summed E-state index contributed by atoms with van der Waals surface area (Å²) in [6.07, 6.45) is 5.78. The van der Waals surface area contributed by atoms with Crippen molar-refractivity contribution in [3.63, 3.8) is 0 Å². The molecule has 6 amide bonds. The molecule has 2 aromatic rings. The van der Waals surface area contributed by atoms with Crippen molar-refractivity contribution in [3.8, 4) is 0 Å². The first kappa shape index (κ1) is 72.2. The summed E-state index contributed by atoms with van der Waals surface area (Å²) in [7, 11) is 0. The Bertz CT molecular complexity index is 2260. The number of hydrogen-bond acceptors (Lipinski definition) is 19. The van der Waals surface area contributed by atoms with Crippen molar-refractivity contribution in [2.75, 3.05) is 184 Å². The molecular weight excluding hydrogens is 1160 g/mol. The largest absolute Gasteiger partial charge is 0.480 e. The maximum absolute atomic E-state index is 13.6. The predicted molar refractivity (Wildman–Crippen MR) is 311 cm³/mol. The number of carbonyl (C=O) groups is 7. The summed E-state index contributed by atoms with van der Waals surface area (Å²) in [4.78, 5) is 87.1. The monoisotopic (exact) mass is 1240 g/mol. The topological polar surface area (TPSA) is 302 Å². The fourth-order valence-electron chi connectivity index (χ4n) is 8.45. The third-order valence-electron chi connectivity index (χ3n) is 13.0. The predicted octanol–water partition coefficient (Wildman–Crippen LogP) is 3.44. The number of carboxylic acids is 1. The standard InChI is InChI=1S/C58H85Cl2N5O20/c59-47-4-3-5-48(60)54(47)55(70)63-46-8-6-45(7-9-46)44-49(56(71)72)64-57(73)58(14-1-2-15-58)16-17-61-51(67)13-20-74-22-24-76-26-28-78-30-32-80-34-36-82-38-40-84-42-43-85-41-39-83-37-35-81-33-31-79-29-27-77-25-23-75-21-18-62-50(66)12-19-65-52(68)10-11-53(65)69/h3-11,49H,1-2,12-44H2,(H,61,67)(H,62,66)(H,63,70)(H,64,73)(H,71,72). The minimum atomic E-state index is -1.18. The van der Waals surface area contributed by atoms with Crippen LogP contribution < -0.4 is 21.3 Å². The van der Waals surface area contributed by atoms with Crippen LogP contribution in [-0.4, -0.2) is 236 Å². The lowest BCUT2D eigenvalue weighted by atomic mass is 9.81. The summed E-state index contributed by atoms with van der Waals surface area (Å²) in [5, 5.41) is 21.5. The molecule has 476 valence electrons. The number of amides is 6. The molecule has 2 aromatic carbocycles. The quantitative estimate of drug-likeness (QED) is 0.0468. The van der Waals surface area contributed by atoms with E-state index in [1.54, 1.807) is 42.5 Å². The molecule has 2 aliphatic rings. The maximum atomic E-state index is 13.6. The second-order valence-corrected chi connectivity index (χ2v) is 20.1. The van der Waals surface area contributed by atoms with Crippen molar-refractivity contribution in [1.82, 2.24) is 20.9 Å². The number of nitrogens with one attached hydrogen (secondary N) is 4. The zero-order chi connectivity index (χ0) is 61.0. The van der Waals surface area contributed by atoms with E-state index in [2.05, 4.69) is 21.3 Å². The number of carbonyl (C=O) groups excluding carboxylic acids is 6. The van der Waals surface area contributed by atoms with Crippen molar-refractivity contribution < 1.29 is 95.5 Å². The summed E-state index contributed by atoms with van der Waals surface area (Å²) in [6.45, 7) is 10.3. The van der Waals surface area contributed by atoms with Crippen LogP contribution in [0.5, 0.6) is 0 Å². The van der Waals surface area contributed by atoms with Crippen molar-refractivity contribution in [1.29, 1.82) is 0 Å². The van der Waals surface area contributed by atoms with Gasteiger partial charge in [-0.1, -0.05) is 54.2 Å². The van der Waals surface area contributed by atoms with Crippen LogP contribution in [-0.2, 0) is 92.0 Å². The van der Waals surface area contributed by atoms with Gasteiger partial charge >= 0.3 is 5.97 Å². The van der Waals surface area contributed by atoms with Crippen LogP contribution in [0.1, 0.15) is 60.9 Å². The fourth-order valence-corrected chi connectivity index (χ4v) is 9.02. The third-order valence-corrected chi connectivity index (χ3v) is 13.6. The molecule has 1 heterocycles. The Morgan fingerprint density at radius 2 is 0.906 bits per heavy atom. The Kier molecular flexibility index (Phi) is 38.3. The lowest BCUT2D eigenvalue weighted by Crippen LogP contribution is -2.49. The molecule has 27 heteroatoms. The highest BCUT2D eigenvalue weighted by molar-refractivity contribution is 6.40. The second kappa shape index (κ2) is 45.1. The number of carboxylic acid groups (broad SMARTS) is 1. The minimum Gasteiger partial charge on any atom is -0.480 e. The van der Waals surface area contributed by atoms with Gasteiger partial charge in [-0.05, 0) is 49.1 Å². The van der Waals surface area contributed by atoms with E-state index < -0.39 is 35.1 Å². The number of ether oxygens (including phenoxy) is 12. The molecule has 1 aliphatic carbocycles. The van der Waals surface area contributed by atoms with Crippen LogP contribution in [0.4, 0.5) is 5.69 Å². The number of hydrogen-bond donors (Lipinski definition) is 5. The number of anilines is 1. The maximum Gasteiger partial charge on any atom is 0.326 e. The highest BCUT2D eigenvalue weighted by Crippen LogP contribution is 2.41. The number of rotatable bonds is 52. The van der Waals surface area contributed by atoms with Crippen LogP contribution in [0, 0.1) is 5.41 Å². The molecule has 0 saturated heterocycles. The number of benzene rings is 2. The van der Waals surface area contributed by atoms with E-state index in [9.17, 15) is 38.7 Å². The van der Waals surface area contributed by atoms with Crippen molar-refractivity contribution in [2.24, 2.45) is 5.41 Å². The molecule has 1 saturated carbocycles. The van der Waals surface area contributed by atoms with E-state index >= 15 is 0 Å².